The van der Waals surface area contributed by atoms with Crippen LogP contribution < -0.4 is 11.1 Å². The van der Waals surface area contributed by atoms with Gasteiger partial charge in [0.25, 0.3) is 5.91 Å². The van der Waals surface area contributed by atoms with E-state index in [4.69, 9.17) is 5.73 Å². The van der Waals surface area contributed by atoms with E-state index >= 15 is 0 Å². The summed E-state index contributed by atoms with van der Waals surface area (Å²) in [7, 11) is 1.88. The van der Waals surface area contributed by atoms with E-state index in [1.54, 1.807) is 23.0 Å². The highest BCUT2D eigenvalue weighted by atomic mass is 16.1. The molecule has 0 aliphatic carbocycles. The fraction of sp³-hybridized carbons (Fsp3) is 0.333. The van der Waals surface area contributed by atoms with Crippen molar-refractivity contribution in [3.63, 3.8) is 0 Å². The van der Waals surface area contributed by atoms with E-state index in [1.165, 1.54) is 0 Å². The Balaban J connectivity index is 2.15. The van der Waals surface area contributed by atoms with Gasteiger partial charge in [0, 0.05) is 29.6 Å². The highest BCUT2D eigenvalue weighted by molar-refractivity contribution is 5.95. The summed E-state index contributed by atoms with van der Waals surface area (Å²) in [4.78, 5) is 12.2. The maximum Gasteiger partial charge on any atom is 0.251 e. The summed E-state index contributed by atoms with van der Waals surface area (Å²) >= 11 is 0. The molecule has 5 heteroatoms. The average Bonchev–Trinajstić information content (AvgIpc) is 2.73. The smallest absolute Gasteiger partial charge is 0.251 e. The number of rotatable bonds is 3. The molecule has 3 N–H and O–H groups in total. The van der Waals surface area contributed by atoms with E-state index in [-0.39, 0.29) is 11.9 Å². The van der Waals surface area contributed by atoms with Crippen molar-refractivity contribution in [3.8, 4) is 0 Å². The molecule has 5 nitrogen and oxygen atoms in total. The molecule has 0 saturated carbocycles. The first-order valence-corrected chi connectivity index (χ1v) is 6.55. The van der Waals surface area contributed by atoms with Gasteiger partial charge in [0.15, 0.2) is 0 Å². The molecule has 0 aliphatic heterocycles. The molecule has 1 aromatic carbocycles. The number of nitrogens with two attached hydrogens (primary N) is 1. The SMILES string of the molecule is Cc1ccc(C(=O)NC(C)c2cnn(C)c2C)cc1N. The van der Waals surface area contributed by atoms with Gasteiger partial charge in [-0.15, -0.1) is 0 Å². The van der Waals surface area contributed by atoms with E-state index in [9.17, 15) is 4.79 Å². The Kier molecular flexibility index (Phi) is 3.79. The maximum atomic E-state index is 12.2. The standard InChI is InChI=1S/C15H20N4O/c1-9-5-6-12(7-14(9)16)15(20)18-10(2)13-8-17-19(4)11(13)3/h5-8,10H,16H2,1-4H3,(H,18,20). The van der Waals surface area contributed by atoms with Crippen LogP contribution >= 0.6 is 0 Å². The van der Waals surface area contributed by atoms with Crippen molar-refractivity contribution < 1.29 is 4.79 Å². The van der Waals surface area contributed by atoms with Crippen molar-refractivity contribution in [1.29, 1.82) is 0 Å². The minimum absolute atomic E-state index is 0.0984. The van der Waals surface area contributed by atoms with Gasteiger partial charge in [-0.2, -0.15) is 5.10 Å². The van der Waals surface area contributed by atoms with Gasteiger partial charge in [-0.25, -0.2) is 0 Å². The predicted molar refractivity (Wildman–Crippen MR) is 79.4 cm³/mol. The minimum atomic E-state index is -0.132. The van der Waals surface area contributed by atoms with Crippen LogP contribution in [0.1, 0.15) is 40.1 Å². The van der Waals surface area contributed by atoms with E-state index in [2.05, 4.69) is 10.4 Å². The first-order valence-electron chi connectivity index (χ1n) is 6.55. The van der Waals surface area contributed by atoms with Gasteiger partial charge in [0.2, 0.25) is 0 Å². The molecular weight excluding hydrogens is 252 g/mol. The molecule has 0 saturated heterocycles. The summed E-state index contributed by atoms with van der Waals surface area (Å²) in [5, 5.41) is 7.15. The molecular formula is C15H20N4O. The average molecular weight is 272 g/mol. The topological polar surface area (TPSA) is 72.9 Å². The third-order valence-corrected chi connectivity index (χ3v) is 3.63. The van der Waals surface area contributed by atoms with Crippen LogP contribution in [0.2, 0.25) is 0 Å². The summed E-state index contributed by atoms with van der Waals surface area (Å²) in [5.74, 6) is -0.132. The number of hydrogen-bond acceptors (Lipinski definition) is 3. The van der Waals surface area contributed by atoms with Crippen molar-refractivity contribution in [3.05, 3.63) is 46.8 Å². The lowest BCUT2D eigenvalue weighted by Gasteiger charge is -2.14. The molecule has 0 spiro atoms. The Morgan fingerprint density at radius 2 is 2.10 bits per heavy atom. The number of nitrogens with zero attached hydrogens (tertiary/aromatic N) is 2. The van der Waals surface area contributed by atoms with Gasteiger partial charge >= 0.3 is 0 Å². The molecule has 106 valence electrons. The zero-order chi connectivity index (χ0) is 14.9. The zero-order valence-electron chi connectivity index (χ0n) is 12.3. The van der Waals surface area contributed by atoms with Gasteiger partial charge in [-0.1, -0.05) is 6.07 Å². The lowest BCUT2D eigenvalue weighted by molar-refractivity contribution is 0.0940. The second-order valence-electron chi connectivity index (χ2n) is 5.08. The highest BCUT2D eigenvalue weighted by Crippen LogP contribution is 2.18. The molecule has 0 fully saturated rings. The molecule has 0 radical (unpaired) electrons. The van der Waals surface area contributed by atoms with Crippen molar-refractivity contribution in [1.82, 2.24) is 15.1 Å². The molecule has 1 atom stereocenters. The first kappa shape index (κ1) is 14.1. The second kappa shape index (κ2) is 5.36. The number of hydrogen-bond donors (Lipinski definition) is 2. The van der Waals surface area contributed by atoms with Crippen LogP contribution in [0.5, 0.6) is 0 Å². The Hall–Kier alpha value is -2.30. The van der Waals surface area contributed by atoms with Crippen molar-refractivity contribution in [2.45, 2.75) is 26.8 Å². The van der Waals surface area contributed by atoms with E-state index < -0.39 is 0 Å². The number of carbonyl (C=O) groups excluding carboxylic acids is 1. The van der Waals surface area contributed by atoms with Gasteiger partial charge in [-0.3, -0.25) is 9.48 Å². The normalized spacial score (nSPS) is 12.2. The van der Waals surface area contributed by atoms with Crippen LogP contribution in [0.25, 0.3) is 0 Å². The van der Waals surface area contributed by atoms with Crippen molar-refractivity contribution >= 4 is 11.6 Å². The number of anilines is 1. The third kappa shape index (κ3) is 2.66. The summed E-state index contributed by atoms with van der Waals surface area (Å²) < 4.78 is 1.79. The van der Waals surface area contributed by atoms with Crippen molar-refractivity contribution in [2.75, 3.05) is 5.73 Å². The fourth-order valence-electron chi connectivity index (χ4n) is 2.08. The summed E-state index contributed by atoms with van der Waals surface area (Å²) in [5.41, 5.74) is 10.1. The molecule has 0 bridgehead atoms. The number of nitrogens with one attached hydrogen (secondary N) is 1. The van der Waals surface area contributed by atoms with Crippen molar-refractivity contribution in [2.24, 2.45) is 7.05 Å². The highest BCUT2D eigenvalue weighted by Gasteiger charge is 2.15. The lowest BCUT2D eigenvalue weighted by Crippen LogP contribution is -2.27. The Morgan fingerprint density at radius 3 is 2.65 bits per heavy atom. The van der Waals surface area contributed by atoms with Gasteiger partial charge in [0.1, 0.15) is 0 Å². The molecule has 1 unspecified atom stereocenters. The number of carbonyl (C=O) groups is 1. The molecule has 20 heavy (non-hydrogen) atoms. The second-order valence-corrected chi connectivity index (χ2v) is 5.08. The van der Waals surface area contributed by atoms with Crippen LogP contribution in [0.3, 0.4) is 0 Å². The third-order valence-electron chi connectivity index (χ3n) is 3.63. The number of aromatic nitrogens is 2. The van der Waals surface area contributed by atoms with E-state index in [0.29, 0.717) is 11.3 Å². The van der Waals surface area contributed by atoms with Crippen LogP contribution in [0.4, 0.5) is 5.69 Å². The molecule has 0 aliphatic rings. The minimum Gasteiger partial charge on any atom is -0.398 e. The summed E-state index contributed by atoms with van der Waals surface area (Å²) in [6, 6.07) is 5.24. The Bertz CT molecular complexity index is 645. The predicted octanol–water partition coefficient (Wildman–Crippen LogP) is 2.11. The molecule has 1 aromatic heterocycles. The monoisotopic (exact) mass is 272 g/mol. The Morgan fingerprint density at radius 1 is 1.40 bits per heavy atom. The van der Waals surface area contributed by atoms with Gasteiger partial charge in [-0.05, 0) is 38.5 Å². The van der Waals surface area contributed by atoms with Crippen LogP contribution in [0, 0.1) is 13.8 Å². The summed E-state index contributed by atoms with van der Waals surface area (Å²) in [6.07, 6.45) is 1.78. The fourth-order valence-corrected chi connectivity index (χ4v) is 2.08. The molecule has 2 aromatic rings. The lowest BCUT2D eigenvalue weighted by atomic mass is 10.1. The number of aryl methyl sites for hydroxylation is 2. The van der Waals surface area contributed by atoms with Crippen LogP contribution in [-0.2, 0) is 7.05 Å². The summed E-state index contributed by atoms with van der Waals surface area (Å²) in [6.45, 7) is 5.84. The zero-order valence-corrected chi connectivity index (χ0v) is 12.3. The number of amides is 1. The van der Waals surface area contributed by atoms with E-state index in [0.717, 1.165) is 16.8 Å². The largest absolute Gasteiger partial charge is 0.398 e. The molecule has 1 amide bonds. The quantitative estimate of drug-likeness (QED) is 0.840. The van der Waals surface area contributed by atoms with Gasteiger partial charge in [0.05, 0.1) is 12.2 Å². The maximum absolute atomic E-state index is 12.2. The molecule has 2 rings (SSSR count). The number of benzene rings is 1. The Labute approximate surface area is 118 Å². The number of nitrogen functional groups attached to an aromatic ring is 1. The van der Waals surface area contributed by atoms with Crippen LogP contribution in [0.15, 0.2) is 24.4 Å². The first-order chi connectivity index (χ1) is 9.40. The van der Waals surface area contributed by atoms with E-state index in [1.807, 2.05) is 33.9 Å². The van der Waals surface area contributed by atoms with Gasteiger partial charge < -0.3 is 11.1 Å². The van der Waals surface area contributed by atoms with Crippen LogP contribution in [-0.4, -0.2) is 15.7 Å². The molecule has 1 heterocycles.